The van der Waals surface area contributed by atoms with Crippen molar-refractivity contribution in [1.82, 2.24) is 0 Å². The summed E-state index contributed by atoms with van der Waals surface area (Å²) in [4.78, 5) is 1.59. The summed E-state index contributed by atoms with van der Waals surface area (Å²) >= 11 is 0. The third kappa shape index (κ3) is 5.17. The second kappa shape index (κ2) is 8.46. The molecule has 0 aliphatic carbocycles. The van der Waals surface area contributed by atoms with Crippen LogP contribution in [-0.4, -0.2) is 42.4 Å². The van der Waals surface area contributed by atoms with Crippen molar-refractivity contribution in [3.8, 4) is 0 Å². The van der Waals surface area contributed by atoms with Gasteiger partial charge in [-0.05, 0) is 42.4 Å². The monoisotopic (exact) mass is 427 g/mol. The quantitative estimate of drug-likeness (QED) is 0.362. The van der Waals surface area contributed by atoms with Gasteiger partial charge in [0.05, 0.1) is 0 Å². The second-order valence-electron chi connectivity index (χ2n) is 8.26. The fraction of sp³-hybridized carbons (Fsp3) is 0.700. The summed E-state index contributed by atoms with van der Waals surface area (Å²) in [5.41, 5.74) is 1.74. The summed E-state index contributed by atoms with van der Waals surface area (Å²) in [6.07, 6.45) is 4.32. The van der Waals surface area contributed by atoms with Crippen LogP contribution in [0.4, 0.5) is 26.3 Å². The molecule has 0 amide bonds. The van der Waals surface area contributed by atoms with Crippen molar-refractivity contribution in [3.05, 3.63) is 35.1 Å². The van der Waals surface area contributed by atoms with Crippen LogP contribution in [0.1, 0.15) is 45.6 Å². The van der Waals surface area contributed by atoms with Crippen LogP contribution in [0.3, 0.4) is 0 Å². The molecule has 28 heavy (non-hydrogen) atoms. The van der Waals surface area contributed by atoms with Crippen molar-refractivity contribution in [2.75, 3.05) is 24.6 Å². The van der Waals surface area contributed by atoms with Gasteiger partial charge in [-0.2, -0.15) is 8.78 Å². The van der Waals surface area contributed by atoms with Crippen molar-refractivity contribution in [3.63, 3.8) is 0 Å². The minimum atomic E-state index is -5.29. The topological polar surface area (TPSA) is 14.1 Å². The molecule has 0 bridgehead atoms. The first-order chi connectivity index (χ1) is 12.8. The van der Waals surface area contributed by atoms with E-state index in [0.29, 0.717) is 10.9 Å². The third-order valence-electron chi connectivity index (χ3n) is 4.87. The zero-order valence-electron chi connectivity index (χ0n) is 16.4. The Morgan fingerprint density at radius 3 is 1.64 bits per heavy atom. The van der Waals surface area contributed by atoms with Crippen molar-refractivity contribution >= 4 is 10.9 Å². The Kier molecular flexibility index (Phi) is 7.07. The highest BCUT2D eigenvalue weighted by Crippen LogP contribution is 2.49. The number of hydrogen-bond donors (Lipinski definition) is 0. The number of hydrogen-bond acceptors (Lipinski definition) is 0. The Labute approximate surface area is 165 Å². The van der Waals surface area contributed by atoms with E-state index in [2.05, 4.69) is 50.4 Å². The van der Waals surface area contributed by atoms with Crippen LogP contribution in [0.15, 0.2) is 29.2 Å². The molecule has 2 aliphatic rings. The molecule has 0 aromatic heterocycles. The minimum Gasteiger partial charge on any atom is -0.652 e. The van der Waals surface area contributed by atoms with Crippen LogP contribution in [0.2, 0.25) is 0 Å². The van der Waals surface area contributed by atoms with Gasteiger partial charge < -0.3 is 5.32 Å². The molecule has 0 radical (unpaired) electrons. The maximum Gasteiger partial charge on any atom is 0.368 e. The van der Waals surface area contributed by atoms with Crippen molar-refractivity contribution in [2.45, 2.75) is 68.1 Å². The molecule has 160 valence electrons. The number of benzene rings is 1. The number of piperidine rings is 1. The first-order valence-corrected chi connectivity index (χ1v) is 10.9. The van der Waals surface area contributed by atoms with Gasteiger partial charge in [-0.1, -0.05) is 46.0 Å². The highest BCUT2D eigenvalue weighted by molar-refractivity contribution is 7.96. The summed E-state index contributed by atoms with van der Waals surface area (Å²) in [5.74, 6) is -11.9. The Bertz CT molecular complexity index is 615. The van der Waals surface area contributed by atoms with Gasteiger partial charge in [0.2, 0.25) is 0 Å². The molecule has 0 saturated carbocycles. The standard InChI is InChI=1S/C15H23S.C5H4F6N/c1-15(2,3)13-7-9-14(10-8-13)16-11-5-4-6-12-16;6-3(7)1-12-2-4(8,9)5(3,10)11/h7-10H,4-6,11-12H2,1-3H3;1-2H2/q+1;-1. The molecule has 3 rings (SSSR count). The average molecular weight is 427 g/mol. The first-order valence-electron chi connectivity index (χ1n) is 9.33. The largest absolute Gasteiger partial charge is 0.652 e. The van der Waals surface area contributed by atoms with E-state index in [1.54, 1.807) is 4.90 Å². The lowest BCUT2D eigenvalue weighted by atomic mass is 9.87. The fourth-order valence-electron chi connectivity index (χ4n) is 3.02. The maximum absolute atomic E-state index is 12.2. The SMILES string of the molecule is CC(C)(C)c1ccc([S+]2CCCCC2)cc1.FC1(F)C[N-]CC(F)(F)C1(F)F. The maximum atomic E-state index is 12.2. The molecule has 0 N–H and O–H groups in total. The Balaban J connectivity index is 0.000000209. The molecule has 1 nitrogen and oxygen atoms in total. The first kappa shape index (κ1) is 23.4. The molecule has 0 spiro atoms. The highest BCUT2D eigenvalue weighted by atomic mass is 32.2. The second-order valence-corrected chi connectivity index (χ2v) is 10.5. The fourth-order valence-corrected chi connectivity index (χ4v) is 5.32. The highest BCUT2D eigenvalue weighted by Gasteiger charge is 2.69. The summed E-state index contributed by atoms with van der Waals surface area (Å²) in [6.45, 7) is 3.76. The number of halogens is 6. The zero-order chi connectivity index (χ0) is 21.2. The number of nitrogens with zero attached hydrogens (tertiary/aromatic N) is 1. The summed E-state index contributed by atoms with van der Waals surface area (Å²) < 4.78 is 73.0. The summed E-state index contributed by atoms with van der Waals surface area (Å²) in [6, 6.07) is 9.40. The number of rotatable bonds is 1. The predicted molar refractivity (Wildman–Crippen MR) is 102 cm³/mol. The van der Waals surface area contributed by atoms with Gasteiger partial charge in [0.15, 0.2) is 4.90 Å². The van der Waals surface area contributed by atoms with E-state index in [1.807, 2.05) is 0 Å². The molecule has 2 saturated heterocycles. The van der Waals surface area contributed by atoms with Gasteiger partial charge in [-0.3, -0.25) is 0 Å². The Morgan fingerprint density at radius 2 is 1.25 bits per heavy atom. The van der Waals surface area contributed by atoms with Crippen molar-refractivity contribution < 1.29 is 26.3 Å². The van der Waals surface area contributed by atoms with Gasteiger partial charge in [-0.25, -0.2) is 17.6 Å². The van der Waals surface area contributed by atoms with Crippen LogP contribution < -0.4 is 0 Å². The van der Waals surface area contributed by atoms with E-state index in [4.69, 9.17) is 0 Å². The summed E-state index contributed by atoms with van der Waals surface area (Å²) in [7, 11) is 0.557. The van der Waals surface area contributed by atoms with Crippen molar-refractivity contribution in [1.29, 1.82) is 0 Å². The van der Waals surface area contributed by atoms with Crippen LogP contribution >= 0.6 is 0 Å². The van der Waals surface area contributed by atoms with Crippen LogP contribution in [0.5, 0.6) is 0 Å². The van der Waals surface area contributed by atoms with Crippen LogP contribution in [0.25, 0.3) is 5.32 Å². The molecular weight excluding hydrogens is 400 g/mol. The lowest BCUT2D eigenvalue weighted by molar-refractivity contribution is -0.307. The molecule has 0 unspecified atom stereocenters. The Hall–Kier alpha value is -0.890. The molecule has 2 heterocycles. The molecule has 8 heteroatoms. The normalized spacial score (nSPS) is 24.2. The minimum absolute atomic E-state index is 0.286. The molecular formula is C20H27F6NS. The summed E-state index contributed by atoms with van der Waals surface area (Å²) in [5, 5.41) is 2.60. The average Bonchev–Trinajstić information content (AvgIpc) is 2.61. The van der Waals surface area contributed by atoms with E-state index >= 15 is 0 Å². The zero-order valence-corrected chi connectivity index (χ0v) is 17.2. The van der Waals surface area contributed by atoms with Crippen LogP contribution in [-0.2, 0) is 16.3 Å². The van der Waals surface area contributed by atoms with Gasteiger partial charge in [0, 0.05) is 10.9 Å². The lowest BCUT2D eigenvalue weighted by Crippen LogP contribution is -2.60. The molecule has 2 fully saturated rings. The van der Waals surface area contributed by atoms with E-state index in [-0.39, 0.29) is 5.41 Å². The Morgan fingerprint density at radius 1 is 0.786 bits per heavy atom. The van der Waals surface area contributed by atoms with E-state index in [1.165, 1.54) is 36.3 Å². The molecule has 1 aromatic rings. The van der Waals surface area contributed by atoms with E-state index in [9.17, 15) is 26.3 Å². The third-order valence-corrected chi connectivity index (χ3v) is 7.38. The van der Waals surface area contributed by atoms with E-state index in [0.717, 1.165) is 0 Å². The smallest absolute Gasteiger partial charge is 0.368 e. The van der Waals surface area contributed by atoms with Gasteiger partial charge in [0.25, 0.3) is 11.8 Å². The molecule has 1 aromatic carbocycles. The lowest BCUT2D eigenvalue weighted by Gasteiger charge is -2.44. The van der Waals surface area contributed by atoms with Gasteiger partial charge in [0.1, 0.15) is 11.5 Å². The van der Waals surface area contributed by atoms with Crippen molar-refractivity contribution in [2.24, 2.45) is 0 Å². The molecule has 2 aliphatic heterocycles. The molecule has 0 atom stereocenters. The number of alkyl halides is 6. The predicted octanol–water partition coefficient (Wildman–Crippen LogP) is 6.42. The van der Waals surface area contributed by atoms with E-state index < -0.39 is 30.9 Å². The van der Waals surface area contributed by atoms with Gasteiger partial charge in [-0.15, -0.1) is 0 Å². The van der Waals surface area contributed by atoms with Crippen LogP contribution in [0, 0.1) is 0 Å². The van der Waals surface area contributed by atoms with Gasteiger partial charge >= 0.3 is 5.92 Å².